The fourth-order valence-electron chi connectivity index (χ4n) is 3.58. The van der Waals surface area contributed by atoms with Crippen molar-refractivity contribution in [1.29, 1.82) is 0 Å². The van der Waals surface area contributed by atoms with E-state index in [2.05, 4.69) is 17.6 Å². The molecule has 3 aromatic rings. The van der Waals surface area contributed by atoms with Crippen LogP contribution in [0.4, 0.5) is 5.13 Å². The number of benzene rings is 2. The van der Waals surface area contributed by atoms with E-state index in [4.69, 9.17) is 16.6 Å². The van der Waals surface area contributed by atoms with Crippen molar-refractivity contribution >= 4 is 34.0 Å². The van der Waals surface area contributed by atoms with Gasteiger partial charge in [0.05, 0.1) is 5.69 Å². The summed E-state index contributed by atoms with van der Waals surface area (Å²) in [6, 6.07) is 13.9. The molecule has 0 fully saturated rings. The average molecular weight is 426 g/mol. The van der Waals surface area contributed by atoms with Gasteiger partial charge in [-0.05, 0) is 60.3 Å². The summed E-state index contributed by atoms with van der Waals surface area (Å²) in [5.74, 6) is -0.0961. The third-order valence-corrected chi connectivity index (χ3v) is 6.38. The maximum absolute atomic E-state index is 12.8. The molecule has 1 aliphatic rings. The lowest BCUT2D eigenvalue weighted by Gasteiger charge is -2.17. The Hall–Kier alpha value is -2.21. The molecule has 4 rings (SSSR count). The van der Waals surface area contributed by atoms with Gasteiger partial charge in [0.1, 0.15) is 0 Å². The summed E-state index contributed by atoms with van der Waals surface area (Å²) in [5.41, 5.74) is 5.48. The molecular weight excluding hydrogens is 402 g/mol. The monoisotopic (exact) mass is 425 g/mol. The number of amides is 1. The van der Waals surface area contributed by atoms with E-state index in [1.165, 1.54) is 21.6 Å². The Kier molecular flexibility index (Phi) is 6.28. The number of hydrogen-bond donors (Lipinski definition) is 2. The molecule has 0 radical (unpaired) electrons. The van der Waals surface area contributed by atoms with Crippen molar-refractivity contribution in [3.05, 3.63) is 80.3 Å². The second-order valence-electron chi connectivity index (χ2n) is 7.31. The van der Waals surface area contributed by atoms with Crippen LogP contribution in [0.3, 0.4) is 0 Å². The number of carbonyl (C=O) groups excluding carboxylic acids is 1. The SMILES string of the molecule is CCCc1nc(NC(=O)c2ccc3c(c2)CCNC3)sc1Cc1ccc(Cl)cc1. The second-order valence-corrected chi connectivity index (χ2v) is 8.83. The van der Waals surface area contributed by atoms with Crippen LogP contribution in [0.25, 0.3) is 0 Å². The number of halogens is 1. The molecule has 2 aromatic carbocycles. The van der Waals surface area contributed by atoms with Gasteiger partial charge in [0.15, 0.2) is 5.13 Å². The Morgan fingerprint density at radius 1 is 1.21 bits per heavy atom. The first-order chi connectivity index (χ1) is 14.1. The molecule has 0 spiro atoms. The van der Waals surface area contributed by atoms with E-state index in [-0.39, 0.29) is 5.91 Å². The fraction of sp³-hybridized carbons (Fsp3) is 0.304. The van der Waals surface area contributed by atoms with Gasteiger partial charge in [0, 0.05) is 28.4 Å². The Morgan fingerprint density at radius 2 is 2.03 bits per heavy atom. The Morgan fingerprint density at radius 3 is 2.83 bits per heavy atom. The zero-order valence-corrected chi connectivity index (χ0v) is 18.0. The van der Waals surface area contributed by atoms with Crippen molar-refractivity contribution in [2.75, 3.05) is 11.9 Å². The van der Waals surface area contributed by atoms with E-state index in [1.807, 2.05) is 42.5 Å². The van der Waals surface area contributed by atoms with Crippen LogP contribution in [0.1, 0.15) is 51.0 Å². The van der Waals surface area contributed by atoms with Gasteiger partial charge in [0.25, 0.3) is 5.91 Å². The van der Waals surface area contributed by atoms with Gasteiger partial charge in [-0.25, -0.2) is 4.98 Å². The summed E-state index contributed by atoms with van der Waals surface area (Å²) < 4.78 is 0. The third-order valence-electron chi connectivity index (χ3n) is 5.12. The molecule has 0 atom stereocenters. The Bertz CT molecular complexity index is 1010. The number of nitrogens with one attached hydrogen (secondary N) is 2. The zero-order valence-electron chi connectivity index (χ0n) is 16.4. The quantitative estimate of drug-likeness (QED) is 0.568. The van der Waals surface area contributed by atoms with Crippen LogP contribution in [0.5, 0.6) is 0 Å². The maximum atomic E-state index is 12.8. The number of aromatic nitrogens is 1. The highest BCUT2D eigenvalue weighted by atomic mass is 35.5. The van der Waals surface area contributed by atoms with Gasteiger partial charge in [0.2, 0.25) is 0 Å². The molecule has 0 aliphatic carbocycles. The third kappa shape index (κ3) is 4.86. The lowest BCUT2D eigenvalue weighted by molar-refractivity contribution is 0.102. The van der Waals surface area contributed by atoms with Gasteiger partial charge in [-0.3, -0.25) is 10.1 Å². The number of hydrogen-bond acceptors (Lipinski definition) is 4. The minimum Gasteiger partial charge on any atom is -0.312 e. The van der Waals surface area contributed by atoms with Crippen molar-refractivity contribution < 1.29 is 4.79 Å². The van der Waals surface area contributed by atoms with E-state index in [0.29, 0.717) is 10.7 Å². The number of aryl methyl sites for hydroxylation is 1. The first-order valence-corrected chi connectivity index (χ1v) is 11.2. The molecule has 1 aromatic heterocycles. The standard InChI is InChI=1S/C23H24ClN3OS/c1-2-3-20-21(12-15-4-8-19(24)9-5-15)29-23(26-20)27-22(28)17-6-7-18-14-25-11-10-16(18)13-17/h4-9,13,25H,2-3,10-12,14H2,1H3,(H,26,27,28). The van der Waals surface area contributed by atoms with Crippen LogP contribution in [-0.4, -0.2) is 17.4 Å². The highest BCUT2D eigenvalue weighted by molar-refractivity contribution is 7.15. The van der Waals surface area contributed by atoms with Gasteiger partial charge >= 0.3 is 0 Å². The molecule has 2 heterocycles. The molecule has 1 amide bonds. The normalized spacial score (nSPS) is 13.2. The molecule has 0 unspecified atom stereocenters. The van der Waals surface area contributed by atoms with Crippen LogP contribution in [0.2, 0.25) is 5.02 Å². The average Bonchev–Trinajstić information content (AvgIpc) is 3.10. The molecule has 0 bridgehead atoms. The zero-order chi connectivity index (χ0) is 20.2. The number of fused-ring (bicyclic) bond motifs is 1. The first-order valence-electron chi connectivity index (χ1n) is 9.99. The summed E-state index contributed by atoms with van der Waals surface area (Å²) in [7, 11) is 0. The van der Waals surface area contributed by atoms with Crippen molar-refractivity contribution in [1.82, 2.24) is 10.3 Å². The Labute approximate surface area is 180 Å². The van der Waals surface area contributed by atoms with Crippen molar-refractivity contribution in [3.63, 3.8) is 0 Å². The van der Waals surface area contributed by atoms with E-state index >= 15 is 0 Å². The van der Waals surface area contributed by atoms with Crippen LogP contribution in [0, 0.1) is 0 Å². The van der Waals surface area contributed by atoms with Gasteiger partial charge in [-0.15, -0.1) is 11.3 Å². The largest absolute Gasteiger partial charge is 0.312 e. The highest BCUT2D eigenvalue weighted by Crippen LogP contribution is 2.28. The minimum atomic E-state index is -0.0961. The predicted molar refractivity (Wildman–Crippen MR) is 120 cm³/mol. The van der Waals surface area contributed by atoms with E-state index in [0.717, 1.165) is 49.5 Å². The molecule has 2 N–H and O–H groups in total. The smallest absolute Gasteiger partial charge is 0.257 e. The van der Waals surface area contributed by atoms with E-state index in [9.17, 15) is 4.79 Å². The number of anilines is 1. The van der Waals surface area contributed by atoms with Gasteiger partial charge < -0.3 is 5.32 Å². The summed E-state index contributed by atoms with van der Waals surface area (Å²) in [6.07, 6.45) is 3.68. The summed E-state index contributed by atoms with van der Waals surface area (Å²) >= 11 is 7.56. The fourth-order valence-corrected chi connectivity index (χ4v) is 4.75. The molecule has 29 heavy (non-hydrogen) atoms. The van der Waals surface area contributed by atoms with Crippen LogP contribution < -0.4 is 10.6 Å². The molecule has 1 aliphatic heterocycles. The van der Waals surface area contributed by atoms with Crippen molar-refractivity contribution in [2.24, 2.45) is 0 Å². The highest BCUT2D eigenvalue weighted by Gasteiger charge is 2.16. The molecule has 6 heteroatoms. The molecule has 0 saturated heterocycles. The molecule has 150 valence electrons. The second kappa shape index (κ2) is 9.08. The van der Waals surface area contributed by atoms with E-state index < -0.39 is 0 Å². The maximum Gasteiger partial charge on any atom is 0.257 e. The number of carbonyl (C=O) groups is 1. The molecule has 0 saturated carbocycles. The Balaban J connectivity index is 1.52. The number of nitrogens with zero attached hydrogens (tertiary/aromatic N) is 1. The van der Waals surface area contributed by atoms with Crippen molar-refractivity contribution in [2.45, 2.75) is 39.2 Å². The van der Waals surface area contributed by atoms with Gasteiger partial charge in [-0.2, -0.15) is 0 Å². The first kappa shape index (κ1) is 20.1. The van der Waals surface area contributed by atoms with Gasteiger partial charge in [-0.1, -0.05) is 43.1 Å². The number of rotatable bonds is 6. The van der Waals surface area contributed by atoms with Crippen molar-refractivity contribution in [3.8, 4) is 0 Å². The van der Waals surface area contributed by atoms with Crippen LogP contribution in [-0.2, 0) is 25.8 Å². The predicted octanol–water partition coefficient (Wildman–Crippen LogP) is 5.24. The number of thiazole rings is 1. The molecular formula is C23H24ClN3OS. The lowest BCUT2D eigenvalue weighted by atomic mass is 9.98. The topological polar surface area (TPSA) is 54.0 Å². The van der Waals surface area contributed by atoms with Crippen LogP contribution >= 0.6 is 22.9 Å². The molecule has 4 nitrogen and oxygen atoms in total. The van der Waals surface area contributed by atoms with Crippen LogP contribution in [0.15, 0.2) is 42.5 Å². The summed E-state index contributed by atoms with van der Waals surface area (Å²) in [4.78, 5) is 18.7. The summed E-state index contributed by atoms with van der Waals surface area (Å²) in [5, 5.41) is 7.77. The minimum absolute atomic E-state index is 0.0961. The van der Waals surface area contributed by atoms with E-state index in [1.54, 1.807) is 11.3 Å². The lowest BCUT2D eigenvalue weighted by Crippen LogP contribution is -2.24. The summed E-state index contributed by atoms with van der Waals surface area (Å²) in [6.45, 7) is 3.97.